The molecule has 1 atom stereocenters. The van der Waals surface area contributed by atoms with E-state index in [0.29, 0.717) is 5.03 Å². The highest BCUT2D eigenvalue weighted by molar-refractivity contribution is 8.01. The van der Waals surface area contributed by atoms with E-state index in [-0.39, 0.29) is 0 Å². The first-order valence-electron chi connectivity index (χ1n) is 5.28. The minimum absolute atomic E-state index is 0.578. The number of ketones is 1. The Kier molecular flexibility index (Phi) is 5.16. The molecule has 98 valence electrons. The van der Waals surface area contributed by atoms with Crippen LogP contribution in [-0.4, -0.2) is 27.0 Å². The second-order valence-corrected chi connectivity index (χ2v) is 6.29. The molecule has 0 radical (unpaired) electrons. The molecule has 1 heterocycles. The molecule has 6 heteroatoms. The normalized spacial score (nSPS) is 12.9. The van der Waals surface area contributed by atoms with Crippen LogP contribution in [0.4, 0.5) is 0 Å². The Hall–Kier alpha value is -1.07. The van der Waals surface area contributed by atoms with Crippen molar-refractivity contribution in [1.29, 1.82) is 0 Å². The maximum atomic E-state index is 11.7. The Labute approximate surface area is 115 Å². The zero-order chi connectivity index (χ0) is 13.8. The minimum atomic E-state index is -1.03. The molecule has 0 saturated heterocycles. The summed E-state index contributed by atoms with van der Waals surface area (Å²) in [7, 11) is 0. The SMILES string of the molecule is CC(C)(C)OC(=O)C(=O)C(Cl)Sc1ccccn1. The van der Waals surface area contributed by atoms with Crippen LogP contribution < -0.4 is 0 Å². The molecule has 0 aliphatic carbocycles. The van der Waals surface area contributed by atoms with Crippen molar-refractivity contribution in [2.24, 2.45) is 0 Å². The first-order chi connectivity index (χ1) is 8.29. The first kappa shape index (κ1) is 15.0. The van der Waals surface area contributed by atoms with E-state index < -0.39 is 22.1 Å². The summed E-state index contributed by atoms with van der Waals surface area (Å²) in [6, 6.07) is 5.24. The predicted octanol–water partition coefficient (Wildman–Crippen LogP) is 2.65. The fraction of sp³-hybridized carbons (Fsp3) is 0.417. The lowest BCUT2D eigenvalue weighted by atomic mass is 10.2. The molecule has 0 fully saturated rings. The van der Waals surface area contributed by atoms with Crippen LogP contribution in [0.3, 0.4) is 0 Å². The Bertz CT molecular complexity index is 431. The Balaban J connectivity index is 2.59. The largest absolute Gasteiger partial charge is 0.454 e. The summed E-state index contributed by atoms with van der Waals surface area (Å²) in [6.45, 7) is 5.06. The number of carbonyl (C=O) groups is 2. The summed E-state index contributed by atoms with van der Waals surface area (Å²) in [4.78, 5) is 27.2. The number of thioether (sulfide) groups is 1. The average molecular weight is 288 g/mol. The van der Waals surface area contributed by atoms with Gasteiger partial charge in [-0.15, -0.1) is 11.6 Å². The third-order valence-corrected chi connectivity index (χ3v) is 3.04. The fourth-order valence-electron chi connectivity index (χ4n) is 0.997. The number of nitrogens with zero attached hydrogens (tertiary/aromatic N) is 1. The van der Waals surface area contributed by atoms with E-state index in [1.807, 2.05) is 0 Å². The van der Waals surface area contributed by atoms with Gasteiger partial charge >= 0.3 is 5.97 Å². The molecule has 4 nitrogen and oxygen atoms in total. The van der Waals surface area contributed by atoms with E-state index in [4.69, 9.17) is 16.3 Å². The number of alkyl halides is 1. The summed E-state index contributed by atoms with van der Waals surface area (Å²) in [6.07, 6.45) is 1.59. The zero-order valence-electron chi connectivity index (χ0n) is 10.3. The first-order valence-corrected chi connectivity index (χ1v) is 6.60. The number of carbonyl (C=O) groups excluding carboxylic acids is 2. The minimum Gasteiger partial charge on any atom is -0.454 e. The van der Waals surface area contributed by atoms with Crippen LogP contribution in [0.15, 0.2) is 29.4 Å². The summed E-state index contributed by atoms with van der Waals surface area (Å²) in [5.41, 5.74) is -0.709. The molecule has 0 spiro atoms. The third-order valence-electron chi connectivity index (χ3n) is 1.67. The molecule has 18 heavy (non-hydrogen) atoms. The summed E-state index contributed by atoms with van der Waals surface area (Å²) < 4.78 is 3.92. The number of halogens is 1. The van der Waals surface area contributed by atoms with Crippen molar-refractivity contribution in [2.75, 3.05) is 0 Å². The van der Waals surface area contributed by atoms with Crippen LogP contribution in [0.2, 0.25) is 0 Å². The highest BCUT2D eigenvalue weighted by Crippen LogP contribution is 2.25. The summed E-state index contributed by atoms with van der Waals surface area (Å²) >= 11 is 6.87. The number of aromatic nitrogens is 1. The van der Waals surface area contributed by atoms with Gasteiger partial charge in [0.05, 0.1) is 5.03 Å². The van der Waals surface area contributed by atoms with Gasteiger partial charge in [0.2, 0.25) is 0 Å². The lowest BCUT2D eigenvalue weighted by molar-refractivity contribution is -0.161. The van der Waals surface area contributed by atoms with Crippen LogP contribution in [-0.2, 0) is 14.3 Å². The van der Waals surface area contributed by atoms with Crippen molar-refractivity contribution in [2.45, 2.75) is 36.1 Å². The van der Waals surface area contributed by atoms with Crippen LogP contribution in [0.5, 0.6) is 0 Å². The Morgan fingerprint density at radius 3 is 2.56 bits per heavy atom. The molecule has 0 N–H and O–H groups in total. The topological polar surface area (TPSA) is 56.3 Å². The van der Waals surface area contributed by atoms with Crippen LogP contribution in [0.25, 0.3) is 0 Å². The molecule has 0 bridgehead atoms. The number of hydrogen-bond donors (Lipinski definition) is 0. The van der Waals surface area contributed by atoms with Gasteiger partial charge in [0.25, 0.3) is 5.78 Å². The smallest absolute Gasteiger partial charge is 0.377 e. The Morgan fingerprint density at radius 2 is 2.06 bits per heavy atom. The van der Waals surface area contributed by atoms with Gasteiger partial charge in [0.1, 0.15) is 5.60 Å². The van der Waals surface area contributed by atoms with Crippen LogP contribution in [0, 0.1) is 0 Å². The number of rotatable bonds is 4. The molecule has 1 aromatic heterocycles. The maximum absolute atomic E-state index is 11.7. The van der Waals surface area contributed by atoms with Gasteiger partial charge in [-0.3, -0.25) is 4.79 Å². The number of Topliss-reactive ketones (excluding diaryl/α,β-unsaturated/α-hetero) is 1. The van der Waals surface area contributed by atoms with Crippen LogP contribution >= 0.6 is 23.4 Å². The van der Waals surface area contributed by atoms with E-state index >= 15 is 0 Å². The average Bonchev–Trinajstić information content (AvgIpc) is 2.27. The lowest BCUT2D eigenvalue weighted by Crippen LogP contribution is -2.32. The molecule has 0 aromatic carbocycles. The van der Waals surface area contributed by atoms with Crippen LogP contribution in [0.1, 0.15) is 20.8 Å². The molecule has 1 unspecified atom stereocenters. The Morgan fingerprint density at radius 1 is 1.39 bits per heavy atom. The highest BCUT2D eigenvalue weighted by atomic mass is 35.5. The maximum Gasteiger partial charge on any atom is 0.377 e. The number of hydrogen-bond acceptors (Lipinski definition) is 5. The van der Waals surface area contributed by atoms with E-state index in [0.717, 1.165) is 11.8 Å². The molecule has 0 aliphatic heterocycles. The van der Waals surface area contributed by atoms with Gasteiger partial charge in [-0.1, -0.05) is 17.8 Å². The van der Waals surface area contributed by atoms with Crippen molar-refractivity contribution in [3.05, 3.63) is 24.4 Å². The highest BCUT2D eigenvalue weighted by Gasteiger charge is 2.29. The van der Waals surface area contributed by atoms with E-state index in [1.54, 1.807) is 45.2 Å². The van der Waals surface area contributed by atoms with Crippen molar-refractivity contribution >= 4 is 35.1 Å². The molecule has 0 aliphatic rings. The van der Waals surface area contributed by atoms with Gasteiger partial charge in [0.15, 0.2) is 4.71 Å². The molecular formula is C12H14ClNO3S. The van der Waals surface area contributed by atoms with E-state index in [9.17, 15) is 9.59 Å². The number of pyridine rings is 1. The van der Waals surface area contributed by atoms with E-state index in [1.165, 1.54) is 0 Å². The van der Waals surface area contributed by atoms with Gasteiger partial charge < -0.3 is 4.74 Å². The second kappa shape index (κ2) is 6.20. The molecule has 0 saturated carbocycles. The molecule has 0 amide bonds. The molecular weight excluding hydrogens is 274 g/mol. The predicted molar refractivity (Wildman–Crippen MR) is 70.6 cm³/mol. The van der Waals surface area contributed by atoms with Gasteiger partial charge in [0, 0.05) is 6.20 Å². The fourth-order valence-corrected chi connectivity index (χ4v) is 2.05. The van der Waals surface area contributed by atoms with E-state index in [2.05, 4.69) is 4.98 Å². The lowest BCUT2D eigenvalue weighted by Gasteiger charge is -2.19. The molecule has 1 rings (SSSR count). The quantitative estimate of drug-likeness (QED) is 0.369. The van der Waals surface area contributed by atoms with Gasteiger partial charge in [-0.25, -0.2) is 9.78 Å². The van der Waals surface area contributed by atoms with Crippen molar-refractivity contribution in [3.63, 3.8) is 0 Å². The second-order valence-electron chi connectivity index (χ2n) is 4.47. The monoisotopic (exact) mass is 287 g/mol. The molecule has 1 aromatic rings. The van der Waals surface area contributed by atoms with Crippen molar-refractivity contribution in [3.8, 4) is 0 Å². The standard InChI is InChI=1S/C12H14ClNO3S/c1-12(2,3)17-11(16)9(15)10(13)18-8-6-4-5-7-14-8/h4-7,10H,1-3H3. The number of esters is 1. The summed E-state index contributed by atoms with van der Waals surface area (Å²) in [5.74, 6) is -1.70. The van der Waals surface area contributed by atoms with Crippen molar-refractivity contribution in [1.82, 2.24) is 4.98 Å². The number of ether oxygens (including phenoxy) is 1. The van der Waals surface area contributed by atoms with Crippen molar-refractivity contribution < 1.29 is 14.3 Å². The third kappa shape index (κ3) is 5.06. The van der Waals surface area contributed by atoms with Gasteiger partial charge in [-0.05, 0) is 32.9 Å². The zero-order valence-corrected chi connectivity index (χ0v) is 11.9. The van der Waals surface area contributed by atoms with Gasteiger partial charge in [-0.2, -0.15) is 0 Å². The summed E-state index contributed by atoms with van der Waals surface area (Å²) in [5, 5.41) is 0.578.